The zero-order valence-corrected chi connectivity index (χ0v) is 15.4. The lowest BCUT2D eigenvalue weighted by Gasteiger charge is -2.34. The van der Waals surface area contributed by atoms with E-state index in [1.165, 1.54) is 0 Å². The first-order chi connectivity index (χ1) is 13.3. The third-order valence-electron chi connectivity index (χ3n) is 5.44. The summed E-state index contributed by atoms with van der Waals surface area (Å²) in [7, 11) is 0. The van der Waals surface area contributed by atoms with Crippen LogP contribution < -0.4 is 10.6 Å². The van der Waals surface area contributed by atoms with E-state index in [0.29, 0.717) is 18.3 Å². The van der Waals surface area contributed by atoms with Gasteiger partial charge in [0.2, 0.25) is 5.82 Å². The third kappa shape index (κ3) is 4.13. The van der Waals surface area contributed by atoms with E-state index in [1.54, 1.807) is 0 Å². The zero-order valence-electron chi connectivity index (χ0n) is 15.4. The molecule has 4 rings (SSSR count). The van der Waals surface area contributed by atoms with Gasteiger partial charge in [-0.1, -0.05) is 54.8 Å². The molecule has 7 heteroatoms. The van der Waals surface area contributed by atoms with Gasteiger partial charge in [0.15, 0.2) is 0 Å². The molecular weight excluding hydrogens is 344 g/mol. The Balaban J connectivity index is 1.48. The quantitative estimate of drug-likeness (QED) is 0.842. The Kier molecular flexibility index (Phi) is 5.38. The molecule has 2 aliphatic rings. The number of amides is 2. The first kappa shape index (κ1) is 18.0. The fourth-order valence-electron chi connectivity index (χ4n) is 3.94. The number of carbonyl (C=O) groups is 1. The van der Waals surface area contributed by atoms with Crippen LogP contribution in [-0.4, -0.2) is 35.4 Å². The van der Waals surface area contributed by atoms with Gasteiger partial charge in [-0.15, -0.1) is 0 Å². The molecule has 0 unspecified atom stereocenters. The molecule has 2 amide bonds. The third-order valence-corrected chi connectivity index (χ3v) is 5.44. The standard InChI is InChI=1S/C20H26N4O3/c25-19(21-14-16-10-7-13-26-16)23-20(11-5-2-6-12-20)18-22-17(24-27-18)15-8-3-1-4-9-15/h1,3-4,8-9,16H,2,5-7,10-14H2,(H2,21,23,25)/t16-/m0/s1. The lowest BCUT2D eigenvalue weighted by atomic mass is 9.81. The summed E-state index contributed by atoms with van der Waals surface area (Å²) in [6, 6.07) is 9.53. The molecule has 2 aromatic rings. The monoisotopic (exact) mass is 370 g/mol. The molecule has 2 heterocycles. The van der Waals surface area contributed by atoms with Crippen molar-refractivity contribution in [2.75, 3.05) is 13.2 Å². The second-order valence-corrected chi connectivity index (χ2v) is 7.40. The first-order valence-electron chi connectivity index (χ1n) is 9.82. The van der Waals surface area contributed by atoms with Crippen LogP contribution in [-0.2, 0) is 10.3 Å². The van der Waals surface area contributed by atoms with Crippen molar-refractivity contribution in [2.45, 2.75) is 56.6 Å². The lowest BCUT2D eigenvalue weighted by molar-refractivity contribution is 0.109. The molecule has 7 nitrogen and oxygen atoms in total. The number of nitrogens with zero attached hydrogens (tertiary/aromatic N) is 2. The van der Waals surface area contributed by atoms with Crippen molar-refractivity contribution in [1.29, 1.82) is 0 Å². The molecule has 0 radical (unpaired) electrons. The van der Waals surface area contributed by atoms with Crippen LogP contribution in [0.3, 0.4) is 0 Å². The summed E-state index contributed by atoms with van der Waals surface area (Å²) in [5.74, 6) is 1.05. The molecule has 1 saturated carbocycles. The van der Waals surface area contributed by atoms with Crippen molar-refractivity contribution in [3.8, 4) is 11.4 Å². The molecule has 0 bridgehead atoms. The smallest absolute Gasteiger partial charge is 0.315 e. The van der Waals surface area contributed by atoms with Gasteiger partial charge in [0.25, 0.3) is 5.89 Å². The second kappa shape index (κ2) is 8.08. The second-order valence-electron chi connectivity index (χ2n) is 7.40. The summed E-state index contributed by atoms with van der Waals surface area (Å²) < 4.78 is 11.2. The highest BCUT2D eigenvalue weighted by molar-refractivity contribution is 5.75. The Morgan fingerprint density at radius 1 is 1.15 bits per heavy atom. The van der Waals surface area contributed by atoms with Crippen LogP contribution in [0.5, 0.6) is 0 Å². The Morgan fingerprint density at radius 3 is 2.70 bits per heavy atom. The largest absolute Gasteiger partial charge is 0.376 e. The number of rotatable bonds is 5. The molecule has 1 aliphatic carbocycles. The van der Waals surface area contributed by atoms with E-state index < -0.39 is 5.54 Å². The van der Waals surface area contributed by atoms with Crippen molar-refractivity contribution in [1.82, 2.24) is 20.8 Å². The summed E-state index contributed by atoms with van der Waals surface area (Å²) in [5.41, 5.74) is 0.306. The number of hydrogen-bond acceptors (Lipinski definition) is 5. The number of ether oxygens (including phenoxy) is 1. The number of urea groups is 1. The van der Waals surface area contributed by atoms with Crippen molar-refractivity contribution < 1.29 is 14.1 Å². The van der Waals surface area contributed by atoms with Gasteiger partial charge < -0.3 is 19.9 Å². The SMILES string of the molecule is O=C(NC[C@@H]1CCCO1)NC1(c2nc(-c3ccccc3)no2)CCCCC1. The van der Waals surface area contributed by atoms with E-state index in [0.717, 1.165) is 57.1 Å². The molecule has 1 aliphatic heterocycles. The minimum absolute atomic E-state index is 0.117. The van der Waals surface area contributed by atoms with Crippen molar-refractivity contribution in [2.24, 2.45) is 0 Å². The molecule has 1 aromatic carbocycles. The van der Waals surface area contributed by atoms with Gasteiger partial charge in [0.05, 0.1) is 6.10 Å². The molecule has 0 spiro atoms. The number of hydrogen-bond donors (Lipinski definition) is 2. The highest BCUT2D eigenvalue weighted by atomic mass is 16.5. The topological polar surface area (TPSA) is 89.3 Å². The van der Waals surface area contributed by atoms with Crippen LogP contribution in [0.1, 0.15) is 50.8 Å². The zero-order chi connectivity index (χ0) is 18.5. The molecule has 1 aromatic heterocycles. The Hall–Kier alpha value is -2.41. The molecule has 1 atom stereocenters. The van der Waals surface area contributed by atoms with E-state index in [-0.39, 0.29) is 12.1 Å². The molecule has 2 N–H and O–H groups in total. The maximum Gasteiger partial charge on any atom is 0.315 e. The average Bonchev–Trinajstić information content (AvgIpc) is 3.40. The van der Waals surface area contributed by atoms with Gasteiger partial charge in [-0.2, -0.15) is 4.98 Å². The van der Waals surface area contributed by atoms with Crippen LogP contribution in [0.25, 0.3) is 11.4 Å². The average molecular weight is 370 g/mol. The predicted octanol–water partition coefficient (Wildman–Crippen LogP) is 3.37. The van der Waals surface area contributed by atoms with Crippen LogP contribution in [0, 0.1) is 0 Å². The summed E-state index contributed by atoms with van der Waals surface area (Å²) in [5, 5.41) is 10.2. The summed E-state index contributed by atoms with van der Waals surface area (Å²) >= 11 is 0. The molecular formula is C20H26N4O3. The summed E-state index contributed by atoms with van der Waals surface area (Å²) in [6.07, 6.45) is 6.97. The number of nitrogens with one attached hydrogen (secondary N) is 2. The van der Waals surface area contributed by atoms with Gasteiger partial charge in [-0.05, 0) is 25.7 Å². The molecule has 144 valence electrons. The van der Waals surface area contributed by atoms with Gasteiger partial charge in [-0.3, -0.25) is 0 Å². The van der Waals surface area contributed by atoms with Crippen molar-refractivity contribution in [3.63, 3.8) is 0 Å². The Bertz CT molecular complexity index is 750. The van der Waals surface area contributed by atoms with E-state index in [2.05, 4.69) is 20.8 Å². The highest BCUT2D eigenvalue weighted by Gasteiger charge is 2.41. The highest BCUT2D eigenvalue weighted by Crippen LogP contribution is 2.37. The van der Waals surface area contributed by atoms with E-state index in [1.807, 2.05) is 30.3 Å². The van der Waals surface area contributed by atoms with Crippen LogP contribution >= 0.6 is 0 Å². The van der Waals surface area contributed by atoms with Gasteiger partial charge >= 0.3 is 6.03 Å². The minimum Gasteiger partial charge on any atom is -0.376 e. The van der Waals surface area contributed by atoms with Crippen molar-refractivity contribution >= 4 is 6.03 Å². The summed E-state index contributed by atoms with van der Waals surface area (Å²) in [6.45, 7) is 1.31. The first-order valence-corrected chi connectivity index (χ1v) is 9.82. The lowest BCUT2D eigenvalue weighted by Crippen LogP contribution is -2.52. The number of aromatic nitrogens is 2. The summed E-state index contributed by atoms with van der Waals surface area (Å²) in [4.78, 5) is 17.2. The van der Waals surface area contributed by atoms with Gasteiger partial charge in [-0.25, -0.2) is 4.79 Å². The van der Waals surface area contributed by atoms with E-state index in [4.69, 9.17) is 9.26 Å². The Labute approximate surface area is 158 Å². The van der Waals surface area contributed by atoms with Gasteiger partial charge in [0.1, 0.15) is 5.54 Å². The Morgan fingerprint density at radius 2 is 1.96 bits per heavy atom. The normalized spacial score (nSPS) is 21.7. The fraction of sp³-hybridized carbons (Fsp3) is 0.550. The maximum absolute atomic E-state index is 12.6. The molecule has 1 saturated heterocycles. The number of carbonyl (C=O) groups excluding carboxylic acids is 1. The van der Waals surface area contributed by atoms with Gasteiger partial charge in [0, 0.05) is 18.7 Å². The number of benzene rings is 1. The van der Waals surface area contributed by atoms with Crippen LogP contribution in [0.2, 0.25) is 0 Å². The predicted molar refractivity (Wildman–Crippen MR) is 100 cm³/mol. The van der Waals surface area contributed by atoms with E-state index in [9.17, 15) is 4.79 Å². The van der Waals surface area contributed by atoms with E-state index >= 15 is 0 Å². The van der Waals surface area contributed by atoms with Crippen LogP contribution in [0.4, 0.5) is 4.79 Å². The van der Waals surface area contributed by atoms with Crippen LogP contribution in [0.15, 0.2) is 34.9 Å². The molecule has 27 heavy (non-hydrogen) atoms. The van der Waals surface area contributed by atoms with Crippen molar-refractivity contribution in [3.05, 3.63) is 36.2 Å². The fourth-order valence-corrected chi connectivity index (χ4v) is 3.94. The minimum atomic E-state index is -0.598. The maximum atomic E-state index is 12.6. The molecule has 2 fully saturated rings.